The second-order valence-corrected chi connectivity index (χ2v) is 9.65. The summed E-state index contributed by atoms with van der Waals surface area (Å²) >= 11 is 0. The van der Waals surface area contributed by atoms with Gasteiger partial charge in [-0.1, -0.05) is 49.4 Å². The van der Waals surface area contributed by atoms with Gasteiger partial charge in [0.05, 0.1) is 13.2 Å². The highest BCUT2D eigenvalue weighted by Crippen LogP contribution is 2.63. The van der Waals surface area contributed by atoms with Crippen LogP contribution in [-0.2, 0) is 22.5 Å². The second-order valence-electron chi connectivity index (χ2n) is 9.65. The summed E-state index contributed by atoms with van der Waals surface area (Å²) in [5.74, 6) is 2.37. The molecule has 2 aromatic rings. The lowest BCUT2D eigenvalue weighted by Gasteiger charge is -2.52. The zero-order chi connectivity index (χ0) is 20.2. The van der Waals surface area contributed by atoms with Gasteiger partial charge in [-0.15, -0.1) is 0 Å². The lowest BCUT2D eigenvalue weighted by molar-refractivity contribution is -0.215. The van der Waals surface area contributed by atoms with Gasteiger partial charge in [0.15, 0.2) is 5.79 Å². The van der Waals surface area contributed by atoms with Crippen LogP contribution < -0.4 is 4.74 Å². The molecule has 1 saturated carbocycles. The van der Waals surface area contributed by atoms with Crippen molar-refractivity contribution >= 4 is 0 Å². The average Bonchev–Trinajstić information content (AvgIpc) is 3.38. The van der Waals surface area contributed by atoms with Crippen LogP contribution >= 0.6 is 0 Å². The Morgan fingerprint density at radius 2 is 1.87 bits per heavy atom. The topological polar surface area (TPSA) is 27.7 Å². The van der Waals surface area contributed by atoms with E-state index in [1.807, 2.05) is 6.07 Å². The standard InChI is InChI=1S/C27H30O3/c1-26-13-11-23-22-10-8-21(28-18-19-5-3-2-4-6-19)17-20(22)7-9-24(23)25(26)12-14-27(26)29-15-16-30-27/h2-6,8,10,12,14,17,23-25H,7,9,11,13,15-16,18H2,1H3/t23-,24-,25?,26+/m1/s1. The van der Waals surface area contributed by atoms with Gasteiger partial charge in [-0.05, 0) is 78.3 Å². The normalized spacial score (nSPS) is 33.2. The van der Waals surface area contributed by atoms with Gasteiger partial charge in [-0.2, -0.15) is 0 Å². The monoisotopic (exact) mass is 402 g/mol. The number of aryl methyl sites for hydroxylation is 1. The van der Waals surface area contributed by atoms with Crippen LogP contribution in [0, 0.1) is 17.3 Å². The molecule has 3 aliphatic carbocycles. The first-order chi connectivity index (χ1) is 14.7. The van der Waals surface area contributed by atoms with E-state index in [-0.39, 0.29) is 5.41 Å². The van der Waals surface area contributed by atoms with E-state index >= 15 is 0 Å². The lowest BCUT2D eigenvalue weighted by Crippen LogP contribution is -2.52. The van der Waals surface area contributed by atoms with E-state index in [1.54, 1.807) is 5.56 Å². The minimum Gasteiger partial charge on any atom is -0.489 e. The summed E-state index contributed by atoms with van der Waals surface area (Å²) in [6.45, 7) is 4.46. The van der Waals surface area contributed by atoms with Crippen LogP contribution in [0.5, 0.6) is 5.75 Å². The van der Waals surface area contributed by atoms with Crippen LogP contribution in [0.3, 0.4) is 0 Å². The minimum absolute atomic E-state index is 0.0703. The molecule has 1 unspecified atom stereocenters. The van der Waals surface area contributed by atoms with E-state index < -0.39 is 5.79 Å². The molecule has 6 rings (SSSR count). The average molecular weight is 403 g/mol. The highest BCUT2D eigenvalue weighted by Gasteiger charge is 2.62. The van der Waals surface area contributed by atoms with E-state index in [0.29, 0.717) is 24.4 Å². The van der Waals surface area contributed by atoms with Crippen LogP contribution in [0.15, 0.2) is 60.7 Å². The smallest absolute Gasteiger partial charge is 0.193 e. The molecule has 0 amide bonds. The third-order valence-electron chi connectivity index (χ3n) is 8.23. The van der Waals surface area contributed by atoms with Crippen LogP contribution in [0.25, 0.3) is 0 Å². The molecule has 1 aliphatic heterocycles. The number of fused-ring (bicyclic) bond motifs is 6. The fourth-order valence-corrected chi connectivity index (χ4v) is 6.68. The maximum Gasteiger partial charge on any atom is 0.193 e. The lowest BCUT2D eigenvalue weighted by atomic mass is 9.54. The second kappa shape index (κ2) is 6.96. The third kappa shape index (κ3) is 2.72. The van der Waals surface area contributed by atoms with Gasteiger partial charge in [0.25, 0.3) is 0 Å². The van der Waals surface area contributed by atoms with Crippen LogP contribution in [-0.4, -0.2) is 19.0 Å². The first-order valence-corrected chi connectivity index (χ1v) is 11.5. The summed E-state index contributed by atoms with van der Waals surface area (Å²) in [4.78, 5) is 0. The Balaban J connectivity index is 1.22. The molecule has 4 aliphatic rings. The Kier molecular flexibility index (Phi) is 4.33. The van der Waals surface area contributed by atoms with E-state index in [9.17, 15) is 0 Å². The summed E-state index contributed by atoms with van der Waals surface area (Å²) in [7, 11) is 0. The van der Waals surface area contributed by atoms with Gasteiger partial charge < -0.3 is 14.2 Å². The summed E-state index contributed by atoms with van der Waals surface area (Å²) in [6, 6.07) is 17.2. The number of allylic oxidation sites excluding steroid dienone is 1. The third-order valence-corrected chi connectivity index (χ3v) is 8.23. The van der Waals surface area contributed by atoms with Crippen molar-refractivity contribution in [2.24, 2.45) is 17.3 Å². The Hall–Kier alpha value is -2.10. The van der Waals surface area contributed by atoms with Gasteiger partial charge >= 0.3 is 0 Å². The van der Waals surface area contributed by atoms with E-state index in [0.717, 1.165) is 31.8 Å². The van der Waals surface area contributed by atoms with Crippen molar-refractivity contribution in [3.8, 4) is 5.75 Å². The van der Waals surface area contributed by atoms with Crippen molar-refractivity contribution in [2.75, 3.05) is 13.2 Å². The predicted molar refractivity (Wildman–Crippen MR) is 116 cm³/mol. The van der Waals surface area contributed by atoms with Crippen LogP contribution in [0.4, 0.5) is 0 Å². The fraction of sp³-hybridized carbons (Fsp3) is 0.481. The minimum atomic E-state index is -0.474. The van der Waals surface area contributed by atoms with Gasteiger partial charge in [-0.3, -0.25) is 0 Å². The molecule has 3 heteroatoms. The molecule has 156 valence electrons. The highest BCUT2D eigenvalue weighted by molar-refractivity contribution is 5.42. The van der Waals surface area contributed by atoms with Crippen molar-refractivity contribution in [2.45, 2.75) is 50.9 Å². The molecule has 0 bridgehead atoms. The van der Waals surface area contributed by atoms with Crippen LogP contribution in [0.1, 0.15) is 48.8 Å². The van der Waals surface area contributed by atoms with Gasteiger partial charge in [0.2, 0.25) is 0 Å². The molecular weight excluding hydrogens is 372 g/mol. The molecule has 0 aromatic heterocycles. The summed E-state index contributed by atoms with van der Waals surface area (Å²) in [6.07, 6.45) is 9.39. The zero-order valence-corrected chi connectivity index (χ0v) is 17.7. The predicted octanol–water partition coefficient (Wildman–Crippen LogP) is 5.64. The van der Waals surface area contributed by atoms with Crippen molar-refractivity contribution in [1.82, 2.24) is 0 Å². The molecule has 0 N–H and O–H groups in total. The Labute approximate surface area is 179 Å². The van der Waals surface area contributed by atoms with Crippen molar-refractivity contribution < 1.29 is 14.2 Å². The molecule has 1 heterocycles. The Bertz CT molecular complexity index is 959. The van der Waals surface area contributed by atoms with Crippen molar-refractivity contribution in [1.29, 1.82) is 0 Å². The van der Waals surface area contributed by atoms with Gasteiger partial charge in [-0.25, -0.2) is 0 Å². The maximum absolute atomic E-state index is 6.18. The highest BCUT2D eigenvalue weighted by atomic mass is 16.7. The van der Waals surface area contributed by atoms with E-state index in [4.69, 9.17) is 14.2 Å². The maximum atomic E-state index is 6.18. The van der Waals surface area contributed by atoms with E-state index in [2.05, 4.69) is 61.5 Å². The number of ether oxygens (including phenoxy) is 3. The fourth-order valence-electron chi connectivity index (χ4n) is 6.68. The molecule has 1 saturated heterocycles. The van der Waals surface area contributed by atoms with Crippen molar-refractivity contribution in [3.63, 3.8) is 0 Å². The molecule has 0 radical (unpaired) electrons. The molecule has 1 spiro atoms. The quantitative estimate of drug-likeness (QED) is 0.622. The Morgan fingerprint density at radius 1 is 1.03 bits per heavy atom. The summed E-state index contributed by atoms with van der Waals surface area (Å²) < 4.78 is 18.5. The largest absolute Gasteiger partial charge is 0.489 e. The summed E-state index contributed by atoms with van der Waals surface area (Å²) in [5.41, 5.74) is 4.31. The zero-order valence-electron chi connectivity index (χ0n) is 17.7. The molecule has 30 heavy (non-hydrogen) atoms. The van der Waals surface area contributed by atoms with Gasteiger partial charge in [0.1, 0.15) is 12.4 Å². The number of hydrogen-bond donors (Lipinski definition) is 0. The number of rotatable bonds is 3. The van der Waals surface area contributed by atoms with Crippen molar-refractivity contribution in [3.05, 3.63) is 77.4 Å². The molecule has 2 fully saturated rings. The number of hydrogen-bond acceptors (Lipinski definition) is 3. The molecule has 3 nitrogen and oxygen atoms in total. The Morgan fingerprint density at radius 3 is 2.70 bits per heavy atom. The first kappa shape index (κ1) is 18.7. The molecular formula is C27H30O3. The van der Waals surface area contributed by atoms with E-state index in [1.165, 1.54) is 24.0 Å². The first-order valence-electron chi connectivity index (χ1n) is 11.5. The summed E-state index contributed by atoms with van der Waals surface area (Å²) in [5, 5.41) is 0. The molecule has 4 atom stereocenters. The van der Waals surface area contributed by atoms with Crippen LogP contribution in [0.2, 0.25) is 0 Å². The molecule has 2 aromatic carbocycles. The SMILES string of the molecule is C[C@]12CC[C@@H]3c4ccc(OCc5ccccc5)cc4CC[C@H]3C1C=CC21OCCO1. The van der Waals surface area contributed by atoms with Gasteiger partial charge in [0, 0.05) is 5.41 Å². The number of benzene rings is 2.